The van der Waals surface area contributed by atoms with Gasteiger partial charge in [0.15, 0.2) is 11.4 Å². The highest BCUT2D eigenvalue weighted by atomic mass is 32.2. The second-order valence-electron chi connectivity index (χ2n) is 11.8. The van der Waals surface area contributed by atoms with Crippen LogP contribution in [-0.4, -0.2) is 50.5 Å². The summed E-state index contributed by atoms with van der Waals surface area (Å²) in [6.45, 7) is 4.72. The van der Waals surface area contributed by atoms with Gasteiger partial charge >= 0.3 is 0 Å². The summed E-state index contributed by atoms with van der Waals surface area (Å²) < 4.78 is 13.2. The Bertz CT molecular complexity index is 1570. The Balaban J connectivity index is 1.24. The van der Waals surface area contributed by atoms with E-state index in [0.29, 0.717) is 25.3 Å². The molecule has 4 atom stereocenters. The van der Waals surface area contributed by atoms with Crippen molar-refractivity contribution in [3.8, 4) is 11.1 Å². The van der Waals surface area contributed by atoms with Gasteiger partial charge in [0, 0.05) is 43.7 Å². The SMILES string of the molecule is CC(=O)NCCCCCC(=O)NCc1ccccc1-c1ccc(C2OC(CSc3ncn[nH]3)C(C)C(c3ccc(CO)cc3)O2)cc1. The van der Waals surface area contributed by atoms with E-state index in [2.05, 4.69) is 50.9 Å². The summed E-state index contributed by atoms with van der Waals surface area (Å²) >= 11 is 1.57. The van der Waals surface area contributed by atoms with Crippen molar-refractivity contribution in [3.05, 3.63) is 101 Å². The first kappa shape index (κ1) is 34.3. The Kier molecular flexibility index (Phi) is 12.6. The highest BCUT2D eigenvalue weighted by Crippen LogP contribution is 2.43. The second-order valence-corrected chi connectivity index (χ2v) is 12.8. The van der Waals surface area contributed by atoms with E-state index in [1.807, 2.05) is 54.6 Å². The van der Waals surface area contributed by atoms with Crippen LogP contribution in [0.1, 0.15) is 74.2 Å². The highest BCUT2D eigenvalue weighted by Gasteiger charge is 2.38. The van der Waals surface area contributed by atoms with Crippen molar-refractivity contribution in [3.63, 3.8) is 0 Å². The molecule has 11 heteroatoms. The van der Waals surface area contributed by atoms with Gasteiger partial charge in [0.2, 0.25) is 11.8 Å². The summed E-state index contributed by atoms with van der Waals surface area (Å²) in [7, 11) is 0. The minimum absolute atomic E-state index is 0.00643. The maximum atomic E-state index is 12.5. The third-order valence-corrected chi connectivity index (χ3v) is 9.31. The molecule has 3 aromatic carbocycles. The molecule has 1 aromatic heterocycles. The molecule has 1 fully saturated rings. The number of ether oxygens (including phenoxy) is 2. The molecule has 4 unspecified atom stereocenters. The fraction of sp³-hybridized carbons (Fsp3) is 0.389. The number of amides is 2. The van der Waals surface area contributed by atoms with E-state index < -0.39 is 6.29 Å². The van der Waals surface area contributed by atoms with E-state index in [1.54, 1.807) is 11.8 Å². The molecule has 1 aliphatic heterocycles. The van der Waals surface area contributed by atoms with Crippen LogP contribution in [-0.2, 0) is 32.2 Å². The number of aliphatic hydroxyl groups excluding tert-OH is 1. The number of aliphatic hydroxyl groups is 1. The molecule has 0 radical (unpaired) electrons. The third-order valence-electron chi connectivity index (χ3n) is 8.34. The van der Waals surface area contributed by atoms with Crippen LogP contribution in [0.15, 0.2) is 84.3 Å². The number of carbonyl (C=O) groups is 2. The standard InChI is InChI=1S/C36H43N5O5S/c1-24-32(22-47-36-39-23-40-41-36)45-35(46-34(24)28-13-11-26(21-42)12-14-28)29-17-15-27(16-18-29)31-9-6-5-8-30(31)20-38-33(44)10-4-3-7-19-37-25(2)43/h5-6,8-9,11-18,23-24,32,34-35,42H,3-4,7,10,19-22H2,1-2H3,(H,37,43)(H,38,44)(H,39,40,41). The van der Waals surface area contributed by atoms with Gasteiger partial charge < -0.3 is 25.2 Å². The molecule has 0 aliphatic carbocycles. The minimum Gasteiger partial charge on any atom is -0.392 e. The van der Waals surface area contributed by atoms with E-state index in [0.717, 1.165) is 57.8 Å². The Hall–Kier alpha value is -4.03. The minimum atomic E-state index is -0.573. The molecule has 2 amide bonds. The summed E-state index contributed by atoms with van der Waals surface area (Å²) in [6, 6.07) is 24.2. The number of thioether (sulfide) groups is 1. The van der Waals surface area contributed by atoms with Gasteiger partial charge in [-0.1, -0.05) is 97.9 Å². The van der Waals surface area contributed by atoms with Crippen LogP contribution < -0.4 is 10.6 Å². The Labute approximate surface area is 280 Å². The van der Waals surface area contributed by atoms with Crippen LogP contribution >= 0.6 is 11.8 Å². The normalized spacial score (nSPS) is 19.3. The number of carbonyl (C=O) groups excluding carboxylic acids is 2. The van der Waals surface area contributed by atoms with E-state index in [1.165, 1.54) is 13.3 Å². The molecule has 0 bridgehead atoms. The van der Waals surface area contributed by atoms with Crippen molar-refractivity contribution in [1.82, 2.24) is 25.8 Å². The summed E-state index contributed by atoms with van der Waals surface area (Å²) in [6.07, 6.45) is 3.60. The van der Waals surface area contributed by atoms with Gasteiger partial charge in [0.05, 0.1) is 18.8 Å². The molecule has 0 saturated carbocycles. The molecule has 5 rings (SSSR count). The quantitative estimate of drug-likeness (QED) is 0.0922. The average Bonchev–Trinajstić information content (AvgIpc) is 3.62. The Morgan fingerprint density at radius 3 is 2.43 bits per heavy atom. The van der Waals surface area contributed by atoms with E-state index in [-0.39, 0.29) is 36.5 Å². The number of unbranched alkanes of at least 4 members (excludes halogenated alkanes) is 2. The topological polar surface area (TPSA) is 138 Å². The maximum absolute atomic E-state index is 12.5. The van der Waals surface area contributed by atoms with Gasteiger partial charge in [-0.2, -0.15) is 5.10 Å². The molecule has 1 aliphatic rings. The Morgan fingerprint density at radius 2 is 1.70 bits per heavy atom. The lowest BCUT2D eigenvalue weighted by molar-refractivity contribution is -0.268. The first-order valence-electron chi connectivity index (χ1n) is 16.1. The number of hydrogen-bond donors (Lipinski definition) is 4. The lowest BCUT2D eigenvalue weighted by Crippen LogP contribution is -2.38. The lowest BCUT2D eigenvalue weighted by Gasteiger charge is -2.41. The van der Waals surface area contributed by atoms with E-state index in [9.17, 15) is 14.7 Å². The van der Waals surface area contributed by atoms with Gasteiger partial charge in [-0.15, -0.1) is 0 Å². The summed E-state index contributed by atoms with van der Waals surface area (Å²) in [4.78, 5) is 27.7. The fourth-order valence-corrected chi connectivity index (χ4v) is 6.59. The number of hydrogen-bond acceptors (Lipinski definition) is 8. The molecule has 248 valence electrons. The molecule has 4 N–H and O–H groups in total. The van der Waals surface area contributed by atoms with E-state index >= 15 is 0 Å². The number of nitrogens with zero attached hydrogens (tertiary/aromatic N) is 2. The zero-order chi connectivity index (χ0) is 33.0. The van der Waals surface area contributed by atoms with Crippen molar-refractivity contribution in [2.45, 2.75) is 76.3 Å². The monoisotopic (exact) mass is 657 g/mol. The van der Waals surface area contributed by atoms with Crippen LogP contribution in [0.2, 0.25) is 0 Å². The summed E-state index contributed by atoms with van der Waals surface area (Å²) in [5.41, 5.74) is 5.93. The lowest BCUT2D eigenvalue weighted by atomic mass is 9.91. The first-order valence-corrected chi connectivity index (χ1v) is 17.1. The highest BCUT2D eigenvalue weighted by molar-refractivity contribution is 7.99. The van der Waals surface area contributed by atoms with Crippen LogP contribution in [0.3, 0.4) is 0 Å². The van der Waals surface area contributed by atoms with Gasteiger partial charge in [-0.25, -0.2) is 4.98 Å². The summed E-state index contributed by atoms with van der Waals surface area (Å²) in [5.74, 6) is 0.730. The molecule has 0 spiro atoms. The summed E-state index contributed by atoms with van der Waals surface area (Å²) in [5, 5.41) is 23.0. The molecule has 4 aromatic rings. The third kappa shape index (κ3) is 9.74. The average molecular weight is 658 g/mol. The maximum Gasteiger partial charge on any atom is 0.220 e. The second kappa shape index (κ2) is 17.2. The van der Waals surface area contributed by atoms with Crippen molar-refractivity contribution in [1.29, 1.82) is 0 Å². The van der Waals surface area contributed by atoms with Crippen LogP contribution in [0.4, 0.5) is 0 Å². The van der Waals surface area contributed by atoms with Crippen molar-refractivity contribution >= 4 is 23.6 Å². The smallest absolute Gasteiger partial charge is 0.220 e. The van der Waals surface area contributed by atoms with Crippen LogP contribution in [0, 0.1) is 5.92 Å². The Morgan fingerprint density at radius 1 is 0.936 bits per heavy atom. The number of nitrogens with one attached hydrogen (secondary N) is 3. The number of rotatable bonds is 15. The molecular formula is C36H43N5O5S. The van der Waals surface area contributed by atoms with Gasteiger partial charge in [-0.05, 0) is 40.7 Å². The van der Waals surface area contributed by atoms with Crippen LogP contribution in [0.5, 0.6) is 0 Å². The van der Waals surface area contributed by atoms with Gasteiger partial charge in [0.1, 0.15) is 6.33 Å². The molecular weight excluding hydrogens is 614 g/mol. The van der Waals surface area contributed by atoms with Crippen molar-refractivity contribution < 1.29 is 24.2 Å². The van der Waals surface area contributed by atoms with Gasteiger partial charge in [0.25, 0.3) is 0 Å². The van der Waals surface area contributed by atoms with Crippen LogP contribution in [0.25, 0.3) is 11.1 Å². The van der Waals surface area contributed by atoms with Gasteiger partial charge in [-0.3, -0.25) is 14.7 Å². The predicted molar refractivity (Wildman–Crippen MR) is 181 cm³/mol. The predicted octanol–water partition coefficient (Wildman–Crippen LogP) is 5.86. The number of benzene rings is 3. The molecule has 10 nitrogen and oxygen atoms in total. The largest absolute Gasteiger partial charge is 0.392 e. The first-order chi connectivity index (χ1) is 22.9. The number of aromatic amines is 1. The zero-order valence-corrected chi connectivity index (χ0v) is 27.7. The fourth-order valence-electron chi connectivity index (χ4n) is 5.64. The number of H-pyrrole nitrogens is 1. The van der Waals surface area contributed by atoms with Crippen molar-refractivity contribution in [2.24, 2.45) is 5.92 Å². The molecule has 47 heavy (non-hydrogen) atoms. The van der Waals surface area contributed by atoms with E-state index in [4.69, 9.17) is 9.47 Å². The van der Waals surface area contributed by atoms with Crippen molar-refractivity contribution in [2.75, 3.05) is 12.3 Å². The number of aromatic nitrogens is 3. The zero-order valence-electron chi connectivity index (χ0n) is 26.9. The molecule has 1 saturated heterocycles. The molecule has 2 heterocycles.